The van der Waals surface area contributed by atoms with Crippen molar-refractivity contribution in [1.82, 2.24) is 4.90 Å². The van der Waals surface area contributed by atoms with Gasteiger partial charge in [0, 0.05) is 17.8 Å². The summed E-state index contributed by atoms with van der Waals surface area (Å²) in [5.41, 5.74) is 0. The average molecular weight is 237 g/mol. The molecule has 0 spiro atoms. The number of rotatable bonds is 3. The Morgan fingerprint density at radius 1 is 1.12 bits per heavy atom. The molecule has 4 heteroatoms. The van der Waals surface area contributed by atoms with E-state index in [1.54, 1.807) is 13.8 Å². The van der Waals surface area contributed by atoms with Crippen molar-refractivity contribution < 1.29 is 14.4 Å². The fourth-order valence-electron chi connectivity index (χ4n) is 2.72. The van der Waals surface area contributed by atoms with Crippen molar-refractivity contribution >= 4 is 17.6 Å². The first kappa shape index (κ1) is 12.3. The van der Waals surface area contributed by atoms with Crippen molar-refractivity contribution in [2.45, 2.75) is 39.5 Å². The van der Waals surface area contributed by atoms with Gasteiger partial charge in [0.05, 0.1) is 6.54 Å². The number of ketones is 1. The van der Waals surface area contributed by atoms with E-state index < -0.39 is 0 Å². The van der Waals surface area contributed by atoms with Crippen LogP contribution in [0, 0.1) is 17.8 Å². The fraction of sp³-hybridized carbons (Fsp3) is 0.769. The Balaban J connectivity index is 2.01. The molecule has 2 aliphatic rings. The number of imide groups is 1. The van der Waals surface area contributed by atoms with Crippen LogP contribution in [0.25, 0.3) is 0 Å². The summed E-state index contributed by atoms with van der Waals surface area (Å²) in [6.07, 6.45) is 4.01. The molecule has 0 N–H and O–H groups in total. The summed E-state index contributed by atoms with van der Waals surface area (Å²) in [5, 5.41) is 0. The van der Waals surface area contributed by atoms with Crippen LogP contribution in [0.5, 0.6) is 0 Å². The molecule has 0 aromatic rings. The molecule has 2 fully saturated rings. The smallest absolute Gasteiger partial charge is 0.233 e. The summed E-state index contributed by atoms with van der Waals surface area (Å²) < 4.78 is 0. The third kappa shape index (κ3) is 2.13. The van der Waals surface area contributed by atoms with Crippen LogP contribution in [0.3, 0.4) is 0 Å². The second-order valence-corrected chi connectivity index (χ2v) is 5.29. The molecule has 2 amide bonds. The van der Waals surface area contributed by atoms with Gasteiger partial charge in [-0.2, -0.15) is 0 Å². The number of carbonyl (C=O) groups is 3. The van der Waals surface area contributed by atoms with Crippen molar-refractivity contribution in [1.29, 1.82) is 0 Å². The second kappa shape index (κ2) is 4.59. The Hall–Kier alpha value is -1.19. The van der Waals surface area contributed by atoms with Crippen LogP contribution in [-0.2, 0) is 14.4 Å². The third-order valence-electron chi connectivity index (χ3n) is 4.19. The molecular formula is C13H19NO3. The minimum absolute atomic E-state index is 0.00296. The molecule has 0 aromatic heterocycles. The molecule has 94 valence electrons. The molecule has 1 saturated heterocycles. The largest absolute Gasteiger partial charge is 0.297 e. The van der Waals surface area contributed by atoms with Gasteiger partial charge in [-0.25, -0.2) is 0 Å². The van der Waals surface area contributed by atoms with E-state index in [-0.39, 0.29) is 41.9 Å². The highest BCUT2D eigenvalue weighted by Crippen LogP contribution is 2.28. The lowest BCUT2D eigenvalue weighted by atomic mass is 10.00. The zero-order valence-corrected chi connectivity index (χ0v) is 10.4. The predicted octanol–water partition coefficient (Wildman–Crippen LogP) is 1.39. The number of amides is 2. The molecule has 2 rings (SSSR count). The summed E-state index contributed by atoms with van der Waals surface area (Å²) in [4.78, 5) is 36.8. The van der Waals surface area contributed by atoms with Crippen molar-refractivity contribution in [2.24, 2.45) is 17.8 Å². The molecule has 17 heavy (non-hydrogen) atoms. The van der Waals surface area contributed by atoms with E-state index in [4.69, 9.17) is 0 Å². The zero-order valence-electron chi connectivity index (χ0n) is 10.4. The van der Waals surface area contributed by atoms with Gasteiger partial charge in [0.1, 0.15) is 0 Å². The lowest BCUT2D eigenvalue weighted by Crippen LogP contribution is -2.37. The molecule has 1 heterocycles. The van der Waals surface area contributed by atoms with Gasteiger partial charge in [-0.15, -0.1) is 0 Å². The van der Waals surface area contributed by atoms with E-state index in [0.717, 1.165) is 30.6 Å². The lowest BCUT2D eigenvalue weighted by Gasteiger charge is -2.16. The van der Waals surface area contributed by atoms with Gasteiger partial charge in [-0.3, -0.25) is 19.3 Å². The van der Waals surface area contributed by atoms with Crippen LogP contribution in [0.2, 0.25) is 0 Å². The molecule has 2 unspecified atom stereocenters. The van der Waals surface area contributed by atoms with Gasteiger partial charge in [0.2, 0.25) is 11.8 Å². The number of carbonyl (C=O) groups excluding carboxylic acids is 3. The standard InChI is InChI=1S/C13H19NO3/c1-8-9(2)13(17)14(12(8)16)7-11(15)10-5-3-4-6-10/h8-10H,3-7H2,1-2H3. The molecule has 4 nitrogen and oxygen atoms in total. The first-order valence-electron chi connectivity index (χ1n) is 6.40. The molecular weight excluding hydrogens is 218 g/mol. The average Bonchev–Trinajstić information content (AvgIpc) is 2.90. The third-order valence-corrected chi connectivity index (χ3v) is 4.19. The summed E-state index contributed by atoms with van der Waals surface area (Å²) in [6.45, 7) is 3.51. The van der Waals surface area contributed by atoms with Gasteiger partial charge in [-0.1, -0.05) is 26.7 Å². The number of Topliss-reactive ketones (excluding diaryl/α,β-unsaturated/α-hetero) is 1. The minimum Gasteiger partial charge on any atom is -0.297 e. The topological polar surface area (TPSA) is 54.5 Å². The number of nitrogens with zero attached hydrogens (tertiary/aromatic N) is 1. The number of likely N-dealkylation sites (tertiary alicyclic amines) is 1. The summed E-state index contributed by atoms with van der Waals surface area (Å²) in [5.74, 6) is -0.798. The van der Waals surface area contributed by atoms with Crippen LogP contribution in [0.1, 0.15) is 39.5 Å². The van der Waals surface area contributed by atoms with Crippen molar-refractivity contribution in [2.75, 3.05) is 6.54 Å². The normalized spacial score (nSPS) is 30.4. The molecule has 1 aliphatic carbocycles. The van der Waals surface area contributed by atoms with Crippen LogP contribution >= 0.6 is 0 Å². The summed E-state index contributed by atoms with van der Waals surface area (Å²) in [7, 11) is 0. The zero-order chi connectivity index (χ0) is 12.6. The Morgan fingerprint density at radius 2 is 1.59 bits per heavy atom. The van der Waals surface area contributed by atoms with Crippen LogP contribution < -0.4 is 0 Å². The van der Waals surface area contributed by atoms with Crippen LogP contribution in [0.4, 0.5) is 0 Å². The number of hydrogen-bond acceptors (Lipinski definition) is 3. The van der Waals surface area contributed by atoms with E-state index in [2.05, 4.69) is 0 Å². The first-order chi connectivity index (χ1) is 8.02. The highest BCUT2D eigenvalue weighted by molar-refractivity contribution is 6.07. The van der Waals surface area contributed by atoms with Gasteiger partial charge >= 0.3 is 0 Å². The Kier molecular flexibility index (Phi) is 3.31. The van der Waals surface area contributed by atoms with Crippen molar-refractivity contribution in [3.8, 4) is 0 Å². The SMILES string of the molecule is CC1C(=O)N(CC(=O)C2CCCC2)C(=O)C1C. The highest BCUT2D eigenvalue weighted by Gasteiger charge is 2.43. The Labute approximate surface area is 101 Å². The van der Waals surface area contributed by atoms with Gasteiger partial charge < -0.3 is 0 Å². The molecule has 1 aliphatic heterocycles. The van der Waals surface area contributed by atoms with Crippen LogP contribution in [-0.4, -0.2) is 29.0 Å². The minimum atomic E-state index is -0.279. The predicted molar refractivity (Wildman–Crippen MR) is 62.0 cm³/mol. The van der Waals surface area contributed by atoms with E-state index in [0.29, 0.717) is 0 Å². The summed E-state index contributed by atoms with van der Waals surface area (Å²) in [6, 6.07) is 0. The van der Waals surface area contributed by atoms with Crippen molar-refractivity contribution in [3.05, 3.63) is 0 Å². The maximum absolute atomic E-state index is 12.0. The Bertz CT molecular complexity index is 338. The Morgan fingerprint density at radius 3 is 2.06 bits per heavy atom. The number of hydrogen-bond donors (Lipinski definition) is 0. The van der Waals surface area contributed by atoms with Gasteiger partial charge in [-0.05, 0) is 12.8 Å². The monoisotopic (exact) mass is 237 g/mol. The van der Waals surface area contributed by atoms with E-state index in [1.807, 2.05) is 0 Å². The first-order valence-corrected chi connectivity index (χ1v) is 6.40. The maximum atomic E-state index is 12.0. The van der Waals surface area contributed by atoms with Crippen LogP contribution in [0.15, 0.2) is 0 Å². The second-order valence-electron chi connectivity index (χ2n) is 5.29. The molecule has 0 aromatic carbocycles. The van der Waals surface area contributed by atoms with E-state index in [9.17, 15) is 14.4 Å². The quantitative estimate of drug-likeness (QED) is 0.697. The summed E-state index contributed by atoms with van der Waals surface area (Å²) >= 11 is 0. The van der Waals surface area contributed by atoms with E-state index in [1.165, 1.54) is 0 Å². The van der Waals surface area contributed by atoms with Gasteiger partial charge in [0.15, 0.2) is 5.78 Å². The maximum Gasteiger partial charge on any atom is 0.233 e. The van der Waals surface area contributed by atoms with Crippen molar-refractivity contribution in [3.63, 3.8) is 0 Å². The lowest BCUT2D eigenvalue weighted by molar-refractivity contribution is -0.143. The molecule has 2 atom stereocenters. The van der Waals surface area contributed by atoms with E-state index >= 15 is 0 Å². The molecule has 0 bridgehead atoms. The fourth-order valence-corrected chi connectivity index (χ4v) is 2.72. The molecule has 1 saturated carbocycles. The molecule has 0 radical (unpaired) electrons. The highest BCUT2D eigenvalue weighted by atomic mass is 16.2. The van der Waals surface area contributed by atoms with Gasteiger partial charge in [0.25, 0.3) is 0 Å².